The molecule has 1 aliphatic heterocycles. The third-order valence-corrected chi connectivity index (χ3v) is 4.01. The van der Waals surface area contributed by atoms with Gasteiger partial charge in [0, 0.05) is 6.20 Å². The van der Waals surface area contributed by atoms with Gasteiger partial charge in [-0.25, -0.2) is 9.97 Å². The van der Waals surface area contributed by atoms with Crippen molar-refractivity contribution in [1.82, 2.24) is 14.5 Å². The summed E-state index contributed by atoms with van der Waals surface area (Å²) >= 11 is 0. The van der Waals surface area contributed by atoms with Crippen molar-refractivity contribution in [2.24, 2.45) is 0 Å². The van der Waals surface area contributed by atoms with Gasteiger partial charge in [0.25, 0.3) is 5.56 Å². The van der Waals surface area contributed by atoms with E-state index < -0.39 is 0 Å². The van der Waals surface area contributed by atoms with Crippen LogP contribution in [-0.2, 0) is 0 Å². The van der Waals surface area contributed by atoms with E-state index in [1.165, 1.54) is 0 Å². The molecule has 0 saturated heterocycles. The second-order valence-electron chi connectivity index (χ2n) is 5.41. The Morgan fingerprint density at radius 1 is 1.13 bits per heavy atom. The SMILES string of the molecule is C[C@@H](c1ccc2c(c1)OCCO2)n1cnc2cccnc2c1=O. The summed E-state index contributed by atoms with van der Waals surface area (Å²) in [6, 6.07) is 9.09. The third kappa shape index (κ3) is 2.32. The topological polar surface area (TPSA) is 66.2 Å². The number of benzene rings is 1. The molecule has 0 spiro atoms. The summed E-state index contributed by atoms with van der Waals surface area (Å²) in [5.41, 5.74) is 1.77. The summed E-state index contributed by atoms with van der Waals surface area (Å²) < 4.78 is 12.7. The lowest BCUT2D eigenvalue weighted by Gasteiger charge is -2.21. The second-order valence-corrected chi connectivity index (χ2v) is 5.41. The van der Waals surface area contributed by atoms with Crippen molar-refractivity contribution >= 4 is 11.0 Å². The number of hydrogen-bond acceptors (Lipinski definition) is 5. The van der Waals surface area contributed by atoms with Crippen molar-refractivity contribution in [1.29, 1.82) is 0 Å². The van der Waals surface area contributed by atoms with E-state index >= 15 is 0 Å². The quantitative estimate of drug-likeness (QED) is 0.726. The highest BCUT2D eigenvalue weighted by Crippen LogP contribution is 2.33. The third-order valence-electron chi connectivity index (χ3n) is 4.01. The van der Waals surface area contributed by atoms with Crippen molar-refractivity contribution in [3.05, 3.63) is 58.8 Å². The monoisotopic (exact) mass is 309 g/mol. The summed E-state index contributed by atoms with van der Waals surface area (Å²) in [5, 5.41) is 0. The molecule has 0 bridgehead atoms. The van der Waals surface area contributed by atoms with Crippen LogP contribution in [0.2, 0.25) is 0 Å². The zero-order chi connectivity index (χ0) is 15.8. The van der Waals surface area contributed by atoms with Crippen LogP contribution < -0.4 is 15.0 Å². The van der Waals surface area contributed by atoms with Crippen molar-refractivity contribution in [2.75, 3.05) is 13.2 Å². The maximum absolute atomic E-state index is 12.6. The zero-order valence-electron chi connectivity index (χ0n) is 12.6. The highest BCUT2D eigenvalue weighted by molar-refractivity contribution is 5.72. The Balaban J connectivity index is 1.78. The first-order valence-corrected chi connectivity index (χ1v) is 7.45. The first-order chi connectivity index (χ1) is 11.2. The molecule has 23 heavy (non-hydrogen) atoms. The normalized spacial score (nSPS) is 14.7. The molecule has 0 amide bonds. The Bertz CT molecular complexity index is 936. The minimum absolute atomic E-state index is 0.155. The van der Waals surface area contributed by atoms with Crippen molar-refractivity contribution in [3.63, 3.8) is 0 Å². The standard InChI is InChI=1S/C17H15N3O3/c1-11(12-4-5-14-15(9-12)23-8-7-22-14)20-10-19-13-3-2-6-18-16(13)17(20)21/h2-6,9-11H,7-8H2,1H3/t11-/m0/s1. The van der Waals surface area contributed by atoms with E-state index in [0.29, 0.717) is 30.0 Å². The van der Waals surface area contributed by atoms with Gasteiger partial charge in [0.15, 0.2) is 17.0 Å². The second kappa shape index (κ2) is 5.39. The molecule has 6 nitrogen and oxygen atoms in total. The molecule has 2 aromatic heterocycles. The number of aromatic nitrogens is 3. The maximum Gasteiger partial charge on any atom is 0.280 e. The van der Waals surface area contributed by atoms with E-state index in [1.54, 1.807) is 29.2 Å². The lowest BCUT2D eigenvalue weighted by atomic mass is 10.1. The Labute approximate surface area is 132 Å². The largest absolute Gasteiger partial charge is 0.486 e. The van der Waals surface area contributed by atoms with E-state index in [2.05, 4.69) is 9.97 Å². The minimum Gasteiger partial charge on any atom is -0.486 e. The molecule has 0 fully saturated rings. The molecule has 0 radical (unpaired) electrons. The van der Waals surface area contributed by atoms with Gasteiger partial charge in [0.05, 0.1) is 17.9 Å². The highest BCUT2D eigenvalue weighted by atomic mass is 16.6. The Kier molecular flexibility index (Phi) is 3.22. The van der Waals surface area contributed by atoms with Gasteiger partial charge < -0.3 is 9.47 Å². The fourth-order valence-electron chi connectivity index (χ4n) is 2.72. The maximum atomic E-state index is 12.6. The summed E-state index contributed by atoms with van der Waals surface area (Å²) in [6.45, 7) is 3.04. The number of rotatable bonds is 2. The lowest BCUT2D eigenvalue weighted by molar-refractivity contribution is 0.171. The number of hydrogen-bond donors (Lipinski definition) is 0. The van der Waals surface area contributed by atoms with Gasteiger partial charge >= 0.3 is 0 Å². The Morgan fingerprint density at radius 2 is 1.96 bits per heavy atom. The van der Waals surface area contributed by atoms with Gasteiger partial charge in [-0.15, -0.1) is 0 Å². The molecule has 3 aromatic rings. The van der Waals surface area contributed by atoms with Crippen molar-refractivity contribution < 1.29 is 9.47 Å². The fourth-order valence-corrected chi connectivity index (χ4v) is 2.72. The van der Waals surface area contributed by atoms with E-state index in [1.807, 2.05) is 25.1 Å². The minimum atomic E-state index is -0.183. The van der Waals surface area contributed by atoms with E-state index in [4.69, 9.17) is 9.47 Å². The van der Waals surface area contributed by atoms with Crippen LogP contribution in [0.1, 0.15) is 18.5 Å². The Hall–Kier alpha value is -2.89. The summed E-state index contributed by atoms with van der Waals surface area (Å²) in [6.07, 6.45) is 3.16. The van der Waals surface area contributed by atoms with Crippen LogP contribution in [0.15, 0.2) is 47.7 Å². The van der Waals surface area contributed by atoms with Crippen LogP contribution in [0.5, 0.6) is 11.5 Å². The highest BCUT2D eigenvalue weighted by Gasteiger charge is 2.17. The Morgan fingerprint density at radius 3 is 2.83 bits per heavy atom. The van der Waals surface area contributed by atoms with Gasteiger partial charge in [-0.1, -0.05) is 6.07 Å². The van der Waals surface area contributed by atoms with Crippen LogP contribution in [0.4, 0.5) is 0 Å². The lowest BCUT2D eigenvalue weighted by Crippen LogP contribution is -2.25. The molecule has 0 N–H and O–H groups in total. The zero-order valence-corrected chi connectivity index (χ0v) is 12.6. The van der Waals surface area contributed by atoms with E-state index in [9.17, 15) is 4.79 Å². The first kappa shape index (κ1) is 13.8. The van der Waals surface area contributed by atoms with E-state index in [-0.39, 0.29) is 11.6 Å². The van der Waals surface area contributed by atoms with Crippen molar-refractivity contribution in [2.45, 2.75) is 13.0 Å². The number of fused-ring (bicyclic) bond motifs is 2. The molecule has 6 heteroatoms. The summed E-state index contributed by atoms with van der Waals surface area (Å²) in [7, 11) is 0. The van der Waals surface area contributed by atoms with Gasteiger partial charge in [0.1, 0.15) is 13.2 Å². The van der Waals surface area contributed by atoms with Crippen LogP contribution in [0, 0.1) is 0 Å². The molecule has 1 aromatic carbocycles. The smallest absolute Gasteiger partial charge is 0.280 e. The number of nitrogens with zero attached hydrogens (tertiary/aromatic N) is 3. The molecule has 116 valence electrons. The molecule has 4 rings (SSSR count). The predicted molar refractivity (Wildman–Crippen MR) is 85.0 cm³/mol. The first-order valence-electron chi connectivity index (χ1n) is 7.45. The van der Waals surface area contributed by atoms with Crippen LogP contribution in [-0.4, -0.2) is 27.7 Å². The molecule has 0 saturated carbocycles. The van der Waals surface area contributed by atoms with Crippen LogP contribution in [0.25, 0.3) is 11.0 Å². The van der Waals surface area contributed by atoms with E-state index in [0.717, 1.165) is 11.3 Å². The molecule has 1 atom stereocenters. The van der Waals surface area contributed by atoms with Gasteiger partial charge in [0.2, 0.25) is 0 Å². The van der Waals surface area contributed by atoms with Gasteiger partial charge in [-0.2, -0.15) is 0 Å². The summed E-state index contributed by atoms with van der Waals surface area (Å²) in [5.74, 6) is 1.44. The average Bonchev–Trinajstić information content (AvgIpc) is 2.61. The van der Waals surface area contributed by atoms with Crippen LogP contribution >= 0.6 is 0 Å². The molecular weight excluding hydrogens is 294 g/mol. The van der Waals surface area contributed by atoms with Crippen LogP contribution in [0.3, 0.4) is 0 Å². The van der Waals surface area contributed by atoms with Gasteiger partial charge in [-0.05, 0) is 36.8 Å². The number of pyridine rings is 1. The average molecular weight is 309 g/mol. The number of ether oxygens (including phenoxy) is 2. The van der Waals surface area contributed by atoms with Crippen molar-refractivity contribution in [3.8, 4) is 11.5 Å². The molecule has 3 heterocycles. The van der Waals surface area contributed by atoms with Gasteiger partial charge in [-0.3, -0.25) is 9.36 Å². The molecular formula is C17H15N3O3. The molecule has 0 aliphatic carbocycles. The fraction of sp³-hybridized carbons (Fsp3) is 0.235. The molecule has 1 aliphatic rings. The summed E-state index contributed by atoms with van der Waals surface area (Å²) in [4.78, 5) is 21.1. The molecule has 0 unspecified atom stereocenters. The predicted octanol–water partition coefficient (Wildman–Crippen LogP) is 2.17.